The lowest BCUT2D eigenvalue weighted by Gasteiger charge is -2.38. The van der Waals surface area contributed by atoms with E-state index in [-0.39, 0.29) is 0 Å². The fourth-order valence-corrected chi connectivity index (χ4v) is 2.29. The van der Waals surface area contributed by atoms with Crippen molar-refractivity contribution in [2.75, 3.05) is 6.54 Å². The molecule has 0 aromatic heterocycles. The molecule has 0 aromatic rings. The number of piperidine rings is 1. The lowest BCUT2D eigenvalue weighted by Crippen LogP contribution is -2.48. The molecule has 1 aliphatic heterocycles. The molecular formula is C12H25N. The summed E-state index contributed by atoms with van der Waals surface area (Å²) < 4.78 is 0. The van der Waals surface area contributed by atoms with Gasteiger partial charge in [-0.05, 0) is 44.6 Å². The Morgan fingerprint density at radius 1 is 1.31 bits per heavy atom. The van der Waals surface area contributed by atoms with Crippen LogP contribution in [0.3, 0.4) is 0 Å². The molecule has 1 heterocycles. The minimum atomic E-state index is 0.502. The SMILES string of the molecule is CCC1(CCC(C)C)CCCCN1. The number of nitrogens with one attached hydrogen (secondary N) is 1. The van der Waals surface area contributed by atoms with Gasteiger partial charge in [-0.2, -0.15) is 0 Å². The van der Waals surface area contributed by atoms with E-state index in [4.69, 9.17) is 0 Å². The number of rotatable bonds is 4. The van der Waals surface area contributed by atoms with Crippen molar-refractivity contribution in [1.29, 1.82) is 0 Å². The van der Waals surface area contributed by atoms with Gasteiger partial charge in [0, 0.05) is 5.54 Å². The second-order valence-corrected chi connectivity index (χ2v) is 4.95. The highest BCUT2D eigenvalue weighted by Gasteiger charge is 2.28. The maximum Gasteiger partial charge on any atom is 0.0179 e. The van der Waals surface area contributed by atoms with Crippen molar-refractivity contribution in [1.82, 2.24) is 5.32 Å². The zero-order chi connectivity index (χ0) is 9.73. The lowest BCUT2D eigenvalue weighted by molar-refractivity contribution is 0.215. The summed E-state index contributed by atoms with van der Waals surface area (Å²) in [5.41, 5.74) is 0.502. The smallest absolute Gasteiger partial charge is 0.0179 e. The monoisotopic (exact) mass is 183 g/mol. The molecule has 1 unspecified atom stereocenters. The molecule has 1 heteroatoms. The largest absolute Gasteiger partial charge is 0.311 e. The molecule has 1 fully saturated rings. The molecule has 1 N–H and O–H groups in total. The predicted octanol–water partition coefficient (Wildman–Crippen LogP) is 3.34. The predicted molar refractivity (Wildman–Crippen MR) is 58.9 cm³/mol. The maximum absolute atomic E-state index is 3.74. The summed E-state index contributed by atoms with van der Waals surface area (Å²) >= 11 is 0. The van der Waals surface area contributed by atoms with E-state index in [1.165, 1.54) is 45.1 Å². The average molecular weight is 183 g/mol. The molecule has 1 saturated heterocycles. The van der Waals surface area contributed by atoms with Crippen LogP contribution < -0.4 is 5.32 Å². The molecule has 0 saturated carbocycles. The number of hydrogen-bond donors (Lipinski definition) is 1. The molecule has 0 amide bonds. The summed E-state index contributed by atoms with van der Waals surface area (Å²) in [6.07, 6.45) is 8.26. The Labute approximate surface area is 83.3 Å². The Balaban J connectivity index is 2.38. The van der Waals surface area contributed by atoms with Crippen molar-refractivity contribution in [3.8, 4) is 0 Å². The average Bonchev–Trinajstić information content (AvgIpc) is 2.16. The van der Waals surface area contributed by atoms with Crippen LogP contribution in [0.25, 0.3) is 0 Å². The lowest BCUT2D eigenvalue weighted by atomic mass is 9.81. The van der Waals surface area contributed by atoms with Crippen LogP contribution in [0.1, 0.15) is 59.3 Å². The molecule has 1 atom stereocenters. The van der Waals surface area contributed by atoms with Gasteiger partial charge in [0.2, 0.25) is 0 Å². The van der Waals surface area contributed by atoms with E-state index in [1.54, 1.807) is 0 Å². The first kappa shape index (κ1) is 11.0. The third kappa shape index (κ3) is 3.30. The van der Waals surface area contributed by atoms with Gasteiger partial charge < -0.3 is 5.32 Å². The molecule has 0 aliphatic carbocycles. The highest BCUT2D eigenvalue weighted by Crippen LogP contribution is 2.28. The Bertz CT molecular complexity index is 134. The van der Waals surface area contributed by atoms with Gasteiger partial charge in [0.25, 0.3) is 0 Å². The van der Waals surface area contributed by atoms with Gasteiger partial charge in [-0.3, -0.25) is 0 Å². The normalized spacial score (nSPS) is 29.5. The minimum Gasteiger partial charge on any atom is -0.311 e. The summed E-state index contributed by atoms with van der Waals surface area (Å²) in [5, 5.41) is 3.74. The van der Waals surface area contributed by atoms with Crippen LogP contribution in [-0.4, -0.2) is 12.1 Å². The van der Waals surface area contributed by atoms with Gasteiger partial charge in [-0.25, -0.2) is 0 Å². The van der Waals surface area contributed by atoms with Crippen LogP contribution in [0.4, 0.5) is 0 Å². The third-order valence-electron chi connectivity index (χ3n) is 3.46. The molecule has 0 spiro atoms. The van der Waals surface area contributed by atoms with E-state index in [2.05, 4.69) is 26.1 Å². The first-order chi connectivity index (χ1) is 6.18. The van der Waals surface area contributed by atoms with Crippen LogP contribution in [-0.2, 0) is 0 Å². The van der Waals surface area contributed by atoms with Crippen molar-refractivity contribution in [3.63, 3.8) is 0 Å². The van der Waals surface area contributed by atoms with E-state index in [9.17, 15) is 0 Å². The van der Waals surface area contributed by atoms with E-state index < -0.39 is 0 Å². The highest BCUT2D eigenvalue weighted by atomic mass is 15.0. The second kappa shape index (κ2) is 4.99. The van der Waals surface area contributed by atoms with Gasteiger partial charge in [-0.1, -0.05) is 27.2 Å². The topological polar surface area (TPSA) is 12.0 Å². The fourth-order valence-electron chi connectivity index (χ4n) is 2.29. The molecule has 0 aromatic carbocycles. The van der Waals surface area contributed by atoms with E-state index in [0.29, 0.717) is 5.54 Å². The minimum absolute atomic E-state index is 0.502. The van der Waals surface area contributed by atoms with Gasteiger partial charge in [-0.15, -0.1) is 0 Å². The van der Waals surface area contributed by atoms with Crippen molar-refractivity contribution in [3.05, 3.63) is 0 Å². The molecule has 1 aliphatic rings. The summed E-state index contributed by atoms with van der Waals surface area (Å²) in [6.45, 7) is 8.23. The van der Waals surface area contributed by atoms with E-state index >= 15 is 0 Å². The van der Waals surface area contributed by atoms with Gasteiger partial charge in [0.1, 0.15) is 0 Å². The quantitative estimate of drug-likeness (QED) is 0.705. The summed E-state index contributed by atoms with van der Waals surface area (Å²) in [6, 6.07) is 0. The van der Waals surface area contributed by atoms with Gasteiger partial charge >= 0.3 is 0 Å². The summed E-state index contributed by atoms with van der Waals surface area (Å²) in [5.74, 6) is 0.854. The molecule has 13 heavy (non-hydrogen) atoms. The van der Waals surface area contributed by atoms with Crippen LogP contribution in [0.5, 0.6) is 0 Å². The first-order valence-electron chi connectivity index (χ1n) is 5.93. The van der Waals surface area contributed by atoms with Crippen LogP contribution in [0, 0.1) is 5.92 Å². The zero-order valence-electron chi connectivity index (χ0n) is 9.53. The van der Waals surface area contributed by atoms with Crippen molar-refractivity contribution < 1.29 is 0 Å². The molecule has 1 rings (SSSR count). The molecule has 0 bridgehead atoms. The van der Waals surface area contributed by atoms with Crippen molar-refractivity contribution >= 4 is 0 Å². The summed E-state index contributed by atoms with van der Waals surface area (Å²) in [7, 11) is 0. The molecule has 0 radical (unpaired) electrons. The third-order valence-corrected chi connectivity index (χ3v) is 3.46. The molecule has 1 nitrogen and oxygen atoms in total. The van der Waals surface area contributed by atoms with Gasteiger partial charge in [0.05, 0.1) is 0 Å². The van der Waals surface area contributed by atoms with Crippen molar-refractivity contribution in [2.45, 2.75) is 64.8 Å². The van der Waals surface area contributed by atoms with Crippen LogP contribution in [0.2, 0.25) is 0 Å². The number of hydrogen-bond acceptors (Lipinski definition) is 1. The van der Waals surface area contributed by atoms with Crippen molar-refractivity contribution in [2.24, 2.45) is 5.92 Å². The molecular weight excluding hydrogens is 158 g/mol. The highest BCUT2D eigenvalue weighted by molar-refractivity contribution is 4.89. The van der Waals surface area contributed by atoms with Gasteiger partial charge in [0.15, 0.2) is 0 Å². The second-order valence-electron chi connectivity index (χ2n) is 4.95. The zero-order valence-corrected chi connectivity index (χ0v) is 9.53. The Kier molecular flexibility index (Phi) is 4.24. The first-order valence-corrected chi connectivity index (χ1v) is 5.93. The van der Waals surface area contributed by atoms with Crippen LogP contribution in [0.15, 0.2) is 0 Å². The Morgan fingerprint density at radius 3 is 2.54 bits per heavy atom. The van der Waals surface area contributed by atoms with Crippen LogP contribution >= 0.6 is 0 Å². The van der Waals surface area contributed by atoms with E-state index in [0.717, 1.165) is 5.92 Å². The Hall–Kier alpha value is -0.0400. The molecule has 78 valence electrons. The Morgan fingerprint density at radius 2 is 2.08 bits per heavy atom. The maximum atomic E-state index is 3.74. The standard InChI is InChI=1S/C12H25N/c1-4-12(9-7-11(2)3)8-5-6-10-13-12/h11,13H,4-10H2,1-3H3. The fraction of sp³-hybridized carbons (Fsp3) is 1.00. The summed E-state index contributed by atoms with van der Waals surface area (Å²) in [4.78, 5) is 0. The van der Waals surface area contributed by atoms with E-state index in [1.807, 2.05) is 0 Å².